The summed E-state index contributed by atoms with van der Waals surface area (Å²) in [6.45, 7) is 4.55. The lowest BCUT2D eigenvalue weighted by Crippen LogP contribution is -2.28. The predicted octanol–water partition coefficient (Wildman–Crippen LogP) is 2.09. The number of benzene rings is 1. The Hall–Kier alpha value is -2.93. The van der Waals surface area contributed by atoms with E-state index in [4.69, 9.17) is 10.2 Å². The van der Waals surface area contributed by atoms with Crippen molar-refractivity contribution in [2.24, 2.45) is 0 Å². The van der Waals surface area contributed by atoms with E-state index in [1.54, 1.807) is 0 Å². The van der Waals surface area contributed by atoms with Crippen LogP contribution in [0.25, 0.3) is 10.9 Å². The Bertz CT molecular complexity index is 775. The van der Waals surface area contributed by atoms with E-state index < -0.39 is 11.9 Å². The monoisotopic (exact) mass is 357 g/mol. The van der Waals surface area contributed by atoms with Crippen LogP contribution in [0.15, 0.2) is 48.7 Å². The summed E-state index contributed by atoms with van der Waals surface area (Å²) >= 11 is 0. The van der Waals surface area contributed by atoms with E-state index in [0.29, 0.717) is 12.2 Å². The first-order chi connectivity index (χ1) is 12.5. The van der Waals surface area contributed by atoms with Crippen molar-refractivity contribution < 1.29 is 19.8 Å². The van der Waals surface area contributed by atoms with Crippen molar-refractivity contribution in [1.82, 2.24) is 9.88 Å². The molecule has 26 heavy (non-hydrogen) atoms. The third-order valence-corrected chi connectivity index (χ3v) is 4.03. The van der Waals surface area contributed by atoms with Crippen LogP contribution in [0.3, 0.4) is 0 Å². The van der Waals surface area contributed by atoms with Gasteiger partial charge in [0.05, 0.1) is 17.4 Å². The molecule has 3 rings (SSSR count). The number of hydrogen-bond acceptors (Lipinski definition) is 5. The van der Waals surface area contributed by atoms with Gasteiger partial charge in [-0.05, 0) is 32.1 Å². The third kappa shape index (κ3) is 6.18. The number of nitrogens with zero attached hydrogens (tertiary/aromatic N) is 3. The lowest BCUT2D eigenvalue weighted by atomic mass is 10.2. The van der Waals surface area contributed by atoms with Gasteiger partial charge in [0.15, 0.2) is 0 Å². The van der Waals surface area contributed by atoms with Gasteiger partial charge in [-0.2, -0.15) is 0 Å². The van der Waals surface area contributed by atoms with Crippen molar-refractivity contribution in [3.63, 3.8) is 0 Å². The molecule has 138 valence electrons. The molecule has 1 aliphatic rings. The minimum atomic E-state index is -1.26. The molecule has 0 atom stereocenters. The molecule has 0 radical (unpaired) electrons. The maximum Gasteiger partial charge on any atom is 0.328 e. The molecule has 1 aromatic heterocycles. The van der Waals surface area contributed by atoms with Gasteiger partial charge in [-0.15, -0.1) is 0 Å². The van der Waals surface area contributed by atoms with Crippen molar-refractivity contribution in [3.8, 4) is 0 Å². The molecular formula is C19H23N3O4. The number of hydrogen-bond donors (Lipinski definition) is 2. The Kier molecular flexibility index (Phi) is 7.11. The van der Waals surface area contributed by atoms with Gasteiger partial charge in [0, 0.05) is 37.2 Å². The zero-order valence-corrected chi connectivity index (χ0v) is 14.7. The fraction of sp³-hybridized carbons (Fsp3) is 0.316. The standard InChI is InChI=1S/C15H19N3.C4H4O4/c1-17-7-4-8-18(10-9-17)14-11-13-5-2-3-6-15(13)16-12-14;5-3(6)1-2-4(7)8/h2-3,5-6,11-12H,4,7-10H2,1H3;1-2H,(H,5,6)(H,7,8)/b;2-1+. The average Bonchev–Trinajstić information content (AvgIpc) is 2.85. The molecule has 2 aromatic rings. The highest BCUT2D eigenvalue weighted by Crippen LogP contribution is 2.20. The van der Waals surface area contributed by atoms with Gasteiger partial charge < -0.3 is 20.0 Å². The minimum absolute atomic E-state index is 0.558. The predicted molar refractivity (Wildman–Crippen MR) is 100 cm³/mol. The van der Waals surface area contributed by atoms with Gasteiger partial charge in [-0.1, -0.05) is 18.2 Å². The number of carbonyl (C=O) groups is 2. The zero-order chi connectivity index (χ0) is 18.9. The quantitative estimate of drug-likeness (QED) is 0.812. The number of likely N-dealkylation sites (N-methyl/N-ethyl adjacent to an activating group) is 1. The molecule has 1 aliphatic heterocycles. The summed E-state index contributed by atoms with van der Waals surface area (Å²) in [5, 5.41) is 16.9. The number of carboxylic acid groups (broad SMARTS) is 2. The van der Waals surface area contributed by atoms with E-state index in [0.717, 1.165) is 25.2 Å². The summed E-state index contributed by atoms with van der Waals surface area (Å²) < 4.78 is 0. The molecule has 1 aromatic carbocycles. The Balaban J connectivity index is 0.000000260. The number of aliphatic carboxylic acids is 2. The van der Waals surface area contributed by atoms with E-state index in [1.165, 1.54) is 24.0 Å². The van der Waals surface area contributed by atoms with Crippen LogP contribution in [-0.2, 0) is 9.59 Å². The minimum Gasteiger partial charge on any atom is -0.478 e. The van der Waals surface area contributed by atoms with Crippen LogP contribution in [0.2, 0.25) is 0 Å². The van der Waals surface area contributed by atoms with Gasteiger partial charge >= 0.3 is 11.9 Å². The number of anilines is 1. The van der Waals surface area contributed by atoms with Crippen LogP contribution in [0.5, 0.6) is 0 Å². The Morgan fingerprint density at radius 2 is 1.73 bits per heavy atom. The van der Waals surface area contributed by atoms with Crippen LogP contribution in [0.1, 0.15) is 6.42 Å². The molecule has 0 bridgehead atoms. The Morgan fingerprint density at radius 1 is 1.04 bits per heavy atom. The van der Waals surface area contributed by atoms with Crippen LogP contribution < -0.4 is 4.90 Å². The maximum absolute atomic E-state index is 9.55. The molecule has 0 spiro atoms. The molecule has 0 amide bonds. The molecule has 7 nitrogen and oxygen atoms in total. The van der Waals surface area contributed by atoms with Crippen LogP contribution in [0, 0.1) is 0 Å². The second-order valence-electron chi connectivity index (χ2n) is 6.04. The molecule has 0 saturated carbocycles. The Morgan fingerprint density at radius 3 is 2.42 bits per heavy atom. The highest BCUT2D eigenvalue weighted by Gasteiger charge is 2.13. The second-order valence-corrected chi connectivity index (χ2v) is 6.04. The van der Waals surface area contributed by atoms with Crippen molar-refractivity contribution in [3.05, 3.63) is 48.7 Å². The number of carboxylic acids is 2. The SMILES string of the molecule is CN1CCCN(c2cnc3ccccc3c2)CC1.O=C(O)/C=C/C(=O)O. The fourth-order valence-electron chi connectivity index (χ4n) is 2.68. The lowest BCUT2D eigenvalue weighted by Gasteiger charge is -2.22. The van der Waals surface area contributed by atoms with Crippen LogP contribution >= 0.6 is 0 Å². The van der Waals surface area contributed by atoms with Crippen molar-refractivity contribution in [1.29, 1.82) is 0 Å². The highest BCUT2D eigenvalue weighted by molar-refractivity contribution is 5.89. The van der Waals surface area contributed by atoms with Crippen molar-refractivity contribution >= 4 is 28.5 Å². The molecule has 7 heteroatoms. The summed E-state index contributed by atoms with van der Waals surface area (Å²) in [6, 6.07) is 10.6. The van der Waals surface area contributed by atoms with Crippen molar-refractivity contribution in [2.75, 3.05) is 38.1 Å². The summed E-state index contributed by atoms with van der Waals surface area (Å²) in [5.41, 5.74) is 2.33. The van der Waals surface area contributed by atoms with E-state index in [9.17, 15) is 9.59 Å². The van der Waals surface area contributed by atoms with Gasteiger partial charge in [0.25, 0.3) is 0 Å². The number of rotatable bonds is 3. The van der Waals surface area contributed by atoms with Gasteiger partial charge in [-0.25, -0.2) is 9.59 Å². The molecule has 2 heterocycles. The highest BCUT2D eigenvalue weighted by atomic mass is 16.4. The zero-order valence-electron chi connectivity index (χ0n) is 14.7. The summed E-state index contributed by atoms with van der Waals surface area (Å²) in [6.07, 6.45) is 4.35. The van der Waals surface area contributed by atoms with E-state index in [1.807, 2.05) is 12.3 Å². The topological polar surface area (TPSA) is 94.0 Å². The second kappa shape index (κ2) is 9.53. The largest absolute Gasteiger partial charge is 0.478 e. The average molecular weight is 357 g/mol. The third-order valence-electron chi connectivity index (χ3n) is 4.03. The van der Waals surface area contributed by atoms with Crippen LogP contribution in [-0.4, -0.2) is 65.3 Å². The summed E-state index contributed by atoms with van der Waals surface area (Å²) in [5.74, 6) is -2.51. The first kappa shape index (κ1) is 19.4. The maximum atomic E-state index is 9.55. The normalized spacial score (nSPS) is 15.3. The van der Waals surface area contributed by atoms with Gasteiger partial charge in [0.1, 0.15) is 0 Å². The molecule has 0 aliphatic carbocycles. The summed E-state index contributed by atoms with van der Waals surface area (Å²) in [7, 11) is 2.20. The van der Waals surface area contributed by atoms with E-state index in [2.05, 4.69) is 46.1 Å². The number of aromatic nitrogens is 1. The first-order valence-corrected chi connectivity index (χ1v) is 8.38. The van der Waals surface area contributed by atoms with E-state index in [-0.39, 0.29) is 0 Å². The number of fused-ring (bicyclic) bond motifs is 1. The smallest absolute Gasteiger partial charge is 0.328 e. The Labute approximate surface area is 152 Å². The molecule has 2 N–H and O–H groups in total. The van der Waals surface area contributed by atoms with Gasteiger partial charge in [-0.3, -0.25) is 4.98 Å². The summed E-state index contributed by atoms with van der Waals surface area (Å²) in [4.78, 5) is 28.5. The molecule has 0 unspecified atom stereocenters. The van der Waals surface area contributed by atoms with Gasteiger partial charge in [0.2, 0.25) is 0 Å². The number of para-hydroxylation sites is 1. The molecular weight excluding hydrogens is 334 g/mol. The first-order valence-electron chi connectivity index (χ1n) is 8.38. The van der Waals surface area contributed by atoms with Crippen LogP contribution in [0.4, 0.5) is 5.69 Å². The van der Waals surface area contributed by atoms with Crippen molar-refractivity contribution in [2.45, 2.75) is 6.42 Å². The van der Waals surface area contributed by atoms with E-state index >= 15 is 0 Å². The fourth-order valence-corrected chi connectivity index (χ4v) is 2.68. The molecule has 1 fully saturated rings. The lowest BCUT2D eigenvalue weighted by molar-refractivity contribution is -0.134. The number of pyridine rings is 1. The molecule has 1 saturated heterocycles.